The Kier molecular flexibility index (Phi) is 7.16. The van der Waals surface area contributed by atoms with Crippen molar-refractivity contribution >= 4 is 17.5 Å². The minimum atomic E-state index is -2.92. The molecule has 0 unspecified atom stereocenters. The van der Waals surface area contributed by atoms with Crippen LogP contribution in [0.15, 0.2) is 48.5 Å². The highest BCUT2D eigenvalue weighted by Crippen LogP contribution is 2.29. The van der Waals surface area contributed by atoms with E-state index in [2.05, 4.69) is 15.4 Å². The van der Waals surface area contributed by atoms with Crippen molar-refractivity contribution in [2.75, 3.05) is 11.9 Å². The molecule has 0 spiro atoms. The summed E-state index contributed by atoms with van der Waals surface area (Å²) in [5, 5.41) is 5.60. The highest BCUT2D eigenvalue weighted by Gasteiger charge is 2.29. The Morgan fingerprint density at radius 3 is 2.55 bits per heavy atom. The van der Waals surface area contributed by atoms with Gasteiger partial charge in [0.25, 0.3) is 0 Å². The van der Waals surface area contributed by atoms with Crippen LogP contribution in [0.4, 0.5) is 14.5 Å². The van der Waals surface area contributed by atoms with Gasteiger partial charge in [0, 0.05) is 36.6 Å². The molecule has 0 heterocycles. The van der Waals surface area contributed by atoms with Gasteiger partial charge in [0.15, 0.2) is 0 Å². The molecule has 1 aliphatic rings. The third kappa shape index (κ3) is 6.85. The minimum Gasteiger partial charge on any atom is -0.435 e. The first kappa shape index (κ1) is 20.8. The lowest BCUT2D eigenvalue weighted by molar-refractivity contribution is -0.122. The summed E-state index contributed by atoms with van der Waals surface area (Å²) in [6.07, 6.45) is 3.09. The van der Waals surface area contributed by atoms with E-state index in [0.29, 0.717) is 30.6 Å². The van der Waals surface area contributed by atoms with Crippen LogP contribution in [-0.2, 0) is 16.0 Å². The Morgan fingerprint density at radius 1 is 1.10 bits per heavy atom. The lowest BCUT2D eigenvalue weighted by Crippen LogP contribution is -2.26. The maximum absolute atomic E-state index is 12.7. The Bertz CT molecular complexity index is 839. The van der Waals surface area contributed by atoms with Gasteiger partial charge in [-0.15, -0.1) is 0 Å². The smallest absolute Gasteiger partial charge is 0.387 e. The van der Waals surface area contributed by atoms with E-state index in [1.807, 2.05) is 30.3 Å². The van der Waals surface area contributed by atoms with E-state index in [-0.39, 0.29) is 29.9 Å². The van der Waals surface area contributed by atoms with Crippen molar-refractivity contribution in [2.45, 2.75) is 38.7 Å². The predicted molar refractivity (Wildman–Crippen MR) is 106 cm³/mol. The third-order valence-electron chi connectivity index (χ3n) is 4.63. The highest BCUT2D eigenvalue weighted by atomic mass is 19.3. The molecule has 0 aliphatic heterocycles. The molecule has 1 fully saturated rings. The molecule has 0 atom stereocenters. The fourth-order valence-electron chi connectivity index (χ4n) is 3.00. The molecular formula is C22H24F2N2O3. The summed E-state index contributed by atoms with van der Waals surface area (Å²) in [4.78, 5) is 23.7. The fourth-order valence-corrected chi connectivity index (χ4v) is 3.00. The summed E-state index contributed by atoms with van der Waals surface area (Å²) in [7, 11) is 0. The number of hydrogen-bond donors (Lipinski definition) is 2. The van der Waals surface area contributed by atoms with Crippen molar-refractivity contribution in [3.63, 3.8) is 0 Å². The zero-order chi connectivity index (χ0) is 20.6. The first-order valence-corrected chi connectivity index (χ1v) is 9.70. The standard InChI is InChI=1S/C22H24F2N2O3/c23-22(24)29-19-11-10-18(14-17(19)13-15-5-2-1-3-6-15)26-20(27)7-4-12-25-21(28)16-8-9-16/h1-3,5-6,10-11,14,16,22H,4,7-9,12-13H2,(H,25,28)(H,26,27). The van der Waals surface area contributed by atoms with Crippen molar-refractivity contribution < 1.29 is 23.1 Å². The fraction of sp³-hybridized carbons (Fsp3) is 0.364. The number of amides is 2. The summed E-state index contributed by atoms with van der Waals surface area (Å²) in [6.45, 7) is -2.46. The largest absolute Gasteiger partial charge is 0.435 e. The quantitative estimate of drug-likeness (QED) is 0.588. The zero-order valence-corrected chi connectivity index (χ0v) is 16.0. The minimum absolute atomic E-state index is 0.0607. The lowest BCUT2D eigenvalue weighted by Gasteiger charge is -2.13. The van der Waals surface area contributed by atoms with E-state index < -0.39 is 6.61 Å². The van der Waals surface area contributed by atoms with Crippen LogP contribution in [0.5, 0.6) is 5.75 Å². The number of halogens is 2. The molecule has 2 amide bonds. The average molecular weight is 402 g/mol. The molecule has 2 N–H and O–H groups in total. The highest BCUT2D eigenvalue weighted by molar-refractivity contribution is 5.91. The van der Waals surface area contributed by atoms with Crippen LogP contribution >= 0.6 is 0 Å². The number of hydrogen-bond acceptors (Lipinski definition) is 3. The van der Waals surface area contributed by atoms with Gasteiger partial charge in [0.05, 0.1) is 0 Å². The van der Waals surface area contributed by atoms with Crippen LogP contribution in [0.2, 0.25) is 0 Å². The second-order valence-electron chi connectivity index (χ2n) is 7.08. The van der Waals surface area contributed by atoms with E-state index in [0.717, 1.165) is 18.4 Å². The number of ether oxygens (including phenoxy) is 1. The molecule has 1 saturated carbocycles. The number of carbonyl (C=O) groups excluding carboxylic acids is 2. The molecule has 3 rings (SSSR count). The number of anilines is 1. The van der Waals surface area contributed by atoms with E-state index in [9.17, 15) is 18.4 Å². The van der Waals surface area contributed by atoms with Gasteiger partial charge in [-0.3, -0.25) is 9.59 Å². The van der Waals surface area contributed by atoms with Gasteiger partial charge >= 0.3 is 6.61 Å². The Morgan fingerprint density at radius 2 is 1.86 bits per heavy atom. The second-order valence-corrected chi connectivity index (χ2v) is 7.08. The van der Waals surface area contributed by atoms with Crippen LogP contribution in [-0.4, -0.2) is 25.0 Å². The number of benzene rings is 2. The molecule has 0 bridgehead atoms. The molecule has 0 saturated heterocycles. The van der Waals surface area contributed by atoms with Crippen molar-refractivity contribution in [1.29, 1.82) is 0 Å². The van der Waals surface area contributed by atoms with Gasteiger partial charge in [-0.2, -0.15) is 8.78 Å². The van der Waals surface area contributed by atoms with Gasteiger partial charge in [0.2, 0.25) is 11.8 Å². The van der Waals surface area contributed by atoms with Gasteiger partial charge in [-0.1, -0.05) is 30.3 Å². The lowest BCUT2D eigenvalue weighted by atomic mass is 10.0. The van der Waals surface area contributed by atoms with Gasteiger partial charge in [0.1, 0.15) is 5.75 Å². The van der Waals surface area contributed by atoms with E-state index in [1.165, 1.54) is 6.07 Å². The van der Waals surface area contributed by atoms with Crippen molar-refractivity contribution in [3.05, 3.63) is 59.7 Å². The first-order valence-electron chi connectivity index (χ1n) is 9.70. The van der Waals surface area contributed by atoms with Crippen LogP contribution in [0.1, 0.15) is 36.8 Å². The monoisotopic (exact) mass is 402 g/mol. The molecule has 0 aromatic heterocycles. The van der Waals surface area contributed by atoms with Gasteiger partial charge < -0.3 is 15.4 Å². The van der Waals surface area contributed by atoms with Crippen LogP contribution in [0.3, 0.4) is 0 Å². The molecule has 7 heteroatoms. The number of carbonyl (C=O) groups is 2. The van der Waals surface area contributed by atoms with Crippen LogP contribution in [0, 0.1) is 5.92 Å². The van der Waals surface area contributed by atoms with Gasteiger partial charge in [-0.25, -0.2) is 0 Å². The van der Waals surface area contributed by atoms with Gasteiger partial charge in [-0.05, 0) is 43.0 Å². The number of rotatable bonds is 10. The van der Waals surface area contributed by atoms with Crippen LogP contribution in [0.25, 0.3) is 0 Å². The molecular weight excluding hydrogens is 378 g/mol. The average Bonchev–Trinajstić information content (AvgIpc) is 3.53. The predicted octanol–water partition coefficient (Wildman–Crippen LogP) is 4.12. The summed E-state index contributed by atoms with van der Waals surface area (Å²) >= 11 is 0. The third-order valence-corrected chi connectivity index (χ3v) is 4.63. The normalized spacial score (nSPS) is 13.2. The van der Waals surface area contributed by atoms with Crippen LogP contribution < -0.4 is 15.4 Å². The second kappa shape index (κ2) is 10.0. The Hall–Kier alpha value is -2.96. The maximum atomic E-state index is 12.7. The zero-order valence-electron chi connectivity index (χ0n) is 16.0. The molecule has 29 heavy (non-hydrogen) atoms. The van der Waals surface area contributed by atoms with E-state index in [1.54, 1.807) is 12.1 Å². The van der Waals surface area contributed by atoms with Crippen molar-refractivity contribution in [3.8, 4) is 5.75 Å². The molecule has 2 aromatic carbocycles. The maximum Gasteiger partial charge on any atom is 0.387 e. The summed E-state index contributed by atoms with van der Waals surface area (Å²) in [6, 6.07) is 14.0. The molecule has 2 aromatic rings. The topological polar surface area (TPSA) is 67.4 Å². The van der Waals surface area contributed by atoms with E-state index >= 15 is 0 Å². The Balaban J connectivity index is 1.57. The SMILES string of the molecule is O=C(CCCNC(=O)C1CC1)Nc1ccc(OC(F)F)c(Cc2ccccc2)c1. The summed E-state index contributed by atoms with van der Waals surface area (Å²) < 4.78 is 30.0. The number of nitrogens with one attached hydrogen (secondary N) is 2. The van der Waals surface area contributed by atoms with Crippen molar-refractivity contribution in [2.24, 2.45) is 5.92 Å². The van der Waals surface area contributed by atoms with Crippen molar-refractivity contribution in [1.82, 2.24) is 5.32 Å². The summed E-state index contributed by atoms with van der Waals surface area (Å²) in [5.74, 6) is 0.106. The summed E-state index contributed by atoms with van der Waals surface area (Å²) in [5.41, 5.74) is 2.03. The molecule has 0 radical (unpaired) electrons. The first-order chi connectivity index (χ1) is 14.0. The molecule has 5 nitrogen and oxygen atoms in total. The molecule has 154 valence electrons. The van der Waals surface area contributed by atoms with E-state index in [4.69, 9.17) is 0 Å². The number of alkyl halides is 2. The molecule has 1 aliphatic carbocycles. The Labute approximate surface area is 168 Å².